The number of amides is 2. The van der Waals surface area contributed by atoms with Crippen molar-refractivity contribution >= 4 is 6.03 Å². The lowest BCUT2D eigenvalue weighted by molar-refractivity contribution is 0.183. The molecule has 0 unspecified atom stereocenters. The Balaban J connectivity index is 2.11. The second kappa shape index (κ2) is 4.55. The van der Waals surface area contributed by atoms with Crippen molar-refractivity contribution in [3.63, 3.8) is 0 Å². The molecule has 1 aromatic heterocycles. The van der Waals surface area contributed by atoms with Gasteiger partial charge in [-0.05, 0) is 26.7 Å². The third-order valence-electron chi connectivity index (χ3n) is 2.82. The first-order valence-electron chi connectivity index (χ1n) is 5.70. The van der Waals surface area contributed by atoms with Gasteiger partial charge in [0.2, 0.25) is 0 Å². The topological polar surface area (TPSA) is 58.4 Å². The molecule has 2 amide bonds. The number of aryl methyl sites for hydroxylation is 1. The lowest BCUT2D eigenvalue weighted by Crippen LogP contribution is -2.39. The molecular weight excluding hydrogens is 206 g/mol. The molecule has 16 heavy (non-hydrogen) atoms. The number of nitrogens with zero attached hydrogens (tertiary/aromatic N) is 2. The summed E-state index contributed by atoms with van der Waals surface area (Å²) >= 11 is 0. The molecule has 1 atom stereocenters. The standard InChI is InChI=1S/C11H17N3O2/c1-3-12-11(15)14-6-4-5-9(14)10-7-8(2)13-16-10/h7,9H,3-6H2,1-2H3,(H,12,15)/t9-/m1/s1. The Hall–Kier alpha value is -1.52. The lowest BCUT2D eigenvalue weighted by atomic mass is 10.1. The molecule has 5 heteroatoms. The number of nitrogens with one attached hydrogen (secondary N) is 1. The van der Waals surface area contributed by atoms with Crippen molar-refractivity contribution in [3.05, 3.63) is 17.5 Å². The number of carbonyl (C=O) groups excluding carboxylic acids is 1. The summed E-state index contributed by atoms with van der Waals surface area (Å²) in [7, 11) is 0. The van der Waals surface area contributed by atoms with E-state index >= 15 is 0 Å². The average Bonchev–Trinajstić information content (AvgIpc) is 2.85. The molecule has 1 aliphatic rings. The summed E-state index contributed by atoms with van der Waals surface area (Å²) in [5.74, 6) is 0.793. The number of aromatic nitrogens is 1. The molecule has 1 aromatic rings. The van der Waals surface area contributed by atoms with Gasteiger partial charge in [0.15, 0.2) is 5.76 Å². The number of hydrogen-bond donors (Lipinski definition) is 1. The molecule has 0 radical (unpaired) electrons. The van der Waals surface area contributed by atoms with E-state index in [0.717, 1.165) is 30.8 Å². The quantitative estimate of drug-likeness (QED) is 0.832. The molecule has 5 nitrogen and oxygen atoms in total. The van der Waals surface area contributed by atoms with Gasteiger partial charge in [-0.1, -0.05) is 5.16 Å². The largest absolute Gasteiger partial charge is 0.359 e. The highest BCUT2D eigenvalue weighted by molar-refractivity contribution is 5.74. The minimum Gasteiger partial charge on any atom is -0.359 e. The van der Waals surface area contributed by atoms with Crippen molar-refractivity contribution in [3.8, 4) is 0 Å². The van der Waals surface area contributed by atoms with Gasteiger partial charge in [-0.3, -0.25) is 0 Å². The van der Waals surface area contributed by atoms with E-state index in [9.17, 15) is 4.79 Å². The minimum atomic E-state index is -0.0148. The Morgan fingerprint density at radius 1 is 1.75 bits per heavy atom. The van der Waals surface area contributed by atoms with Crippen LogP contribution < -0.4 is 5.32 Å². The fraction of sp³-hybridized carbons (Fsp3) is 0.636. The third-order valence-corrected chi connectivity index (χ3v) is 2.82. The molecule has 0 bridgehead atoms. The van der Waals surface area contributed by atoms with Crippen LogP contribution in [0.25, 0.3) is 0 Å². The maximum atomic E-state index is 11.8. The Bertz CT molecular complexity index is 375. The van der Waals surface area contributed by atoms with Gasteiger partial charge in [-0.15, -0.1) is 0 Å². The van der Waals surface area contributed by atoms with Crippen molar-refractivity contribution < 1.29 is 9.32 Å². The molecule has 2 heterocycles. The zero-order chi connectivity index (χ0) is 11.5. The molecule has 88 valence electrons. The van der Waals surface area contributed by atoms with Crippen LogP contribution in [0.2, 0.25) is 0 Å². The highest BCUT2D eigenvalue weighted by Crippen LogP contribution is 2.31. The molecule has 1 saturated heterocycles. The van der Waals surface area contributed by atoms with Crippen molar-refractivity contribution in [1.29, 1.82) is 0 Å². The monoisotopic (exact) mass is 223 g/mol. The van der Waals surface area contributed by atoms with Crippen LogP contribution in [0.5, 0.6) is 0 Å². The third kappa shape index (κ3) is 2.03. The Morgan fingerprint density at radius 2 is 2.56 bits per heavy atom. The van der Waals surface area contributed by atoms with Crippen molar-refractivity contribution in [1.82, 2.24) is 15.4 Å². The smallest absolute Gasteiger partial charge is 0.318 e. The van der Waals surface area contributed by atoms with Crippen LogP contribution in [0.1, 0.15) is 37.3 Å². The molecule has 1 N–H and O–H groups in total. The van der Waals surface area contributed by atoms with Crippen LogP contribution in [0.3, 0.4) is 0 Å². The van der Waals surface area contributed by atoms with E-state index < -0.39 is 0 Å². The Kier molecular flexibility index (Phi) is 3.12. The molecule has 0 saturated carbocycles. The summed E-state index contributed by atoms with van der Waals surface area (Å²) in [6, 6.07) is 1.94. The van der Waals surface area contributed by atoms with E-state index in [1.807, 2.05) is 24.8 Å². The maximum absolute atomic E-state index is 11.8. The normalized spacial score (nSPS) is 20.1. The van der Waals surface area contributed by atoms with Crippen LogP contribution in [0.15, 0.2) is 10.6 Å². The molecular formula is C11H17N3O2. The summed E-state index contributed by atoms with van der Waals surface area (Å²) in [5.41, 5.74) is 0.859. The van der Waals surface area contributed by atoms with Gasteiger partial charge in [0.05, 0.1) is 11.7 Å². The van der Waals surface area contributed by atoms with Gasteiger partial charge >= 0.3 is 6.03 Å². The molecule has 1 fully saturated rings. The van der Waals surface area contributed by atoms with Crippen molar-refractivity contribution in [2.45, 2.75) is 32.7 Å². The van der Waals surface area contributed by atoms with Gasteiger partial charge in [0.1, 0.15) is 0 Å². The minimum absolute atomic E-state index is 0.0148. The van der Waals surface area contributed by atoms with E-state index in [0.29, 0.717) is 6.54 Å². The van der Waals surface area contributed by atoms with Gasteiger partial charge in [-0.25, -0.2) is 4.79 Å². The SMILES string of the molecule is CCNC(=O)N1CCC[C@@H]1c1cc(C)no1. The predicted octanol–water partition coefficient (Wildman–Crippen LogP) is 1.85. The van der Waals surface area contributed by atoms with E-state index in [2.05, 4.69) is 10.5 Å². The van der Waals surface area contributed by atoms with Gasteiger partial charge < -0.3 is 14.7 Å². The highest BCUT2D eigenvalue weighted by atomic mass is 16.5. The van der Waals surface area contributed by atoms with E-state index in [1.165, 1.54) is 0 Å². The lowest BCUT2D eigenvalue weighted by Gasteiger charge is -2.22. The summed E-state index contributed by atoms with van der Waals surface area (Å²) < 4.78 is 5.24. The summed E-state index contributed by atoms with van der Waals surface area (Å²) in [6.07, 6.45) is 1.97. The molecule has 1 aliphatic heterocycles. The van der Waals surface area contributed by atoms with Gasteiger partial charge in [0.25, 0.3) is 0 Å². The van der Waals surface area contributed by atoms with Crippen LogP contribution in [0, 0.1) is 6.92 Å². The second-order valence-corrected chi connectivity index (χ2v) is 4.06. The number of rotatable bonds is 2. The predicted molar refractivity (Wildman–Crippen MR) is 59.0 cm³/mol. The second-order valence-electron chi connectivity index (χ2n) is 4.06. The summed E-state index contributed by atoms with van der Waals surface area (Å²) in [5, 5.41) is 6.69. The zero-order valence-corrected chi connectivity index (χ0v) is 9.69. The first kappa shape index (κ1) is 11.0. The van der Waals surface area contributed by atoms with E-state index in [4.69, 9.17) is 4.52 Å². The zero-order valence-electron chi connectivity index (χ0n) is 9.69. The van der Waals surface area contributed by atoms with Crippen LogP contribution in [-0.2, 0) is 0 Å². The molecule has 0 aromatic carbocycles. The Morgan fingerprint density at radius 3 is 3.19 bits per heavy atom. The number of hydrogen-bond acceptors (Lipinski definition) is 3. The van der Waals surface area contributed by atoms with Crippen molar-refractivity contribution in [2.24, 2.45) is 0 Å². The van der Waals surface area contributed by atoms with Crippen LogP contribution in [-0.4, -0.2) is 29.2 Å². The number of carbonyl (C=O) groups is 1. The average molecular weight is 223 g/mol. The number of likely N-dealkylation sites (tertiary alicyclic amines) is 1. The van der Waals surface area contributed by atoms with E-state index in [1.54, 1.807) is 0 Å². The molecule has 0 spiro atoms. The molecule has 2 rings (SSSR count). The highest BCUT2D eigenvalue weighted by Gasteiger charge is 2.32. The van der Waals surface area contributed by atoms with Crippen LogP contribution in [0.4, 0.5) is 4.79 Å². The first-order valence-corrected chi connectivity index (χ1v) is 5.70. The van der Waals surface area contributed by atoms with E-state index in [-0.39, 0.29) is 12.1 Å². The summed E-state index contributed by atoms with van der Waals surface area (Å²) in [6.45, 7) is 5.24. The summed E-state index contributed by atoms with van der Waals surface area (Å²) in [4.78, 5) is 13.6. The van der Waals surface area contributed by atoms with Crippen LogP contribution >= 0.6 is 0 Å². The number of urea groups is 1. The Labute approximate surface area is 94.8 Å². The van der Waals surface area contributed by atoms with Gasteiger partial charge in [-0.2, -0.15) is 0 Å². The molecule has 0 aliphatic carbocycles. The first-order chi connectivity index (χ1) is 7.72. The van der Waals surface area contributed by atoms with Crippen molar-refractivity contribution in [2.75, 3.05) is 13.1 Å². The fourth-order valence-corrected chi connectivity index (χ4v) is 2.10. The van der Waals surface area contributed by atoms with Gasteiger partial charge in [0, 0.05) is 19.2 Å². The maximum Gasteiger partial charge on any atom is 0.318 e. The fourth-order valence-electron chi connectivity index (χ4n) is 2.10.